The topological polar surface area (TPSA) is 76.8 Å². The molecule has 4 aromatic rings. The van der Waals surface area contributed by atoms with Crippen LogP contribution in [0.4, 0.5) is 10.1 Å². The third-order valence-electron chi connectivity index (χ3n) is 6.21. The maximum absolute atomic E-state index is 13.4. The van der Waals surface area contributed by atoms with E-state index < -0.39 is 6.10 Å². The van der Waals surface area contributed by atoms with Crippen molar-refractivity contribution in [2.75, 3.05) is 25.2 Å². The van der Waals surface area contributed by atoms with Gasteiger partial charge in [-0.25, -0.2) is 9.37 Å². The van der Waals surface area contributed by atoms with Crippen LogP contribution < -0.4 is 14.4 Å². The van der Waals surface area contributed by atoms with Gasteiger partial charge in [0.1, 0.15) is 24.4 Å². The third-order valence-corrected chi connectivity index (χ3v) is 6.21. The van der Waals surface area contributed by atoms with Crippen molar-refractivity contribution in [2.45, 2.75) is 25.0 Å². The van der Waals surface area contributed by atoms with Crippen LogP contribution in [-0.4, -0.2) is 46.9 Å². The van der Waals surface area contributed by atoms with E-state index >= 15 is 0 Å². The van der Waals surface area contributed by atoms with Crippen molar-refractivity contribution in [1.29, 1.82) is 0 Å². The van der Waals surface area contributed by atoms with E-state index in [1.165, 1.54) is 12.1 Å². The van der Waals surface area contributed by atoms with Crippen LogP contribution in [0.2, 0.25) is 0 Å². The number of para-hydroxylation sites is 4. The summed E-state index contributed by atoms with van der Waals surface area (Å²) in [6.07, 6.45) is -0.532. The number of benzene rings is 3. The highest BCUT2D eigenvalue weighted by atomic mass is 19.1. The van der Waals surface area contributed by atoms with Crippen LogP contribution in [0, 0.1) is 5.82 Å². The van der Waals surface area contributed by atoms with Crippen LogP contribution in [0.5, 0.6) is 11.5 Å². The predicted molar refractivity (Wildman–Crippen MR) is 130 cm³/mol. The maximum atomic E-state index is 13.4. The second kappa shape index (κ2) is 9.76. The number of hydrogen-bond acceptors (Lipinski definition) is 5. The van der Waals surface area contributed by atoms with Gasteiger partial charge in [0.05, 0.1) is 24.7 Å². The molecule has 2 atom stereocenters. The number of methoxy groups -OCH3 is 1. The number of rotatable bonds is 8. The van der Waals surface area contributed by atoms with E-state index in [0.29, 0.717) is 23.7 Å². The van der Waals surface area contributed by atoms with Crippen molar-refractivity contribution in [3.05, 3.63) is 84.4 Å². The number of carbonyl (C=O) groups is 1. The second-order valence-corrected chi connectivity index (χ2v) is 8.57. The number of aliphatic hydroxyl groups excluding tert-OH is 1. The van der Waals surface area contributed by atoms with Crippen LogP contribution >= 0.6 is 0 Å². The maximum Gasteiger partial charge on any atom is 0.227 e. The van der Waals surface area contributed by atoms with Crippen molar-refractivity contribution in [1.82, 2.24) is 9.55 Å². The Morgan fingerprint density at radius 2 is 1.77 bits per heavy atom. The molecule has 2 heterocycles. The molecule has 1 N–H and O–H groups in total. The smallest absolute Gasteiger partial charge is 0.227 e. The van der Waals surface area contributed by atoms with Crippen LogP contribution in [0.3, 0.4) is 0 Å². The average Bonchev–Trinajstić information content (AvgIpc) is 3.44. The summed E-state index contributed by atoms with van der Waals surface area (Å²) in [6, 6.07) is 20.9. The lowest BCUT2D eigenvalue weighted by atomic mass is 10.1. The Hall–Kier alpha value is -3.91. The molecule has 0 saturated carbocycles. The van der Waals surface area contributed by atoms with E-state index in [4.69, 9.17) is 14.5 Å². The van der Waals surface area contributed by atoms with Crippen molar-refractivity contribution < 1.29 is 23.8 Å². The highest BCUT2D eigenvalue weighted by Gasteiger charge is 2.35. The fourth-order valence-corrected chi connectivity index (χ4v) is 4.54. The highest BCUT2D eigenvalue weighted by Crippen LogP contribution is 2.33. The van der Waals surface area contributed by atoms with E-state index in [9.17, 15) is 14.3 Å². The molecule has 35 heavy (non-hydrogen) atoms. The van der Waals surface area contributed by atoms with Gasteiger partial charge in [-0.3, -0.25) is 4.79 Å². The minimum atomic E-state index is -0.818. The van der Waals surface area contributed by atoms with Gasteiger partial charge >= 0.3 is 0 Å². The number of aliphatic hydroxyl groups is 1. The van der Waals surface area contributed by atoms with Gasteiger partial charge in [0.2, 0.25) is 5.91 Å². The first-order chi connectivity index (χ1) is 17.0. The Morgan fingerprint density at radius 1 is 1.06 bits per heavy atom. The number of imidazole rings is 1. The number of hydrogen-bond donors (Lipinski definition) is 1. The monoisotopic (exact) mass is 475 g/mol. The van der Waals surface area contributed by atoms with E-state index in [0.717, 1.165) is 16.9 Å². The molecule has 0 aliphatic carbocycles. The molecule has 0 unspecified atom stereocenters. The first-order valence-electron chi connectivity index (χ1n) is 11.5. The lowest BCUT2D eigenvalue weighted by Gasteiger charge is -2.19. The zero-order valence-corrected chi connectivity index (χ0v) is 19.3. The van der Waals surface area contributed by atoms with E-state index in [-0.39, 0.29) is 37.2 Å². The summed E-state index contributed by atoms with van der Waals surface area (Å²) in [5, 5.41) is 10.9. The van der Waals surface area contributed by atoms with Gasteiger partial charge in [0.15, 0.2) is 11.5 Å². The predicted octanol–water partition coefficient (Wildman–Crippen LogP) is 4.14. The fourth-order valence-electron chi connectivity index (χ4n) is 4.54. The number of ether oxygens (including phenoxy) is 2. The first-order valence-corrected chi connectivity index (χ1v) is 11.5. The standard InChI is InChI=1S/C27H26FN3O4/c1-34-24-8-4-5-9-25(24)35-17-21(32)16-31-23-7-3-2-6-22(23)29-27(31)18-14-26(33)30(15-18)20-12-10-19(28)11-13-20/h2-13,18,21,32H,14-17H2,1H3/t18-,21-/m1/s1. The van der Waals surface area contributed by atoms with Crippen LogP contribution in [0.1, 0.15) is 18.2 Å². The van der Waals surface area contributed by atoms with E-state index in [2.05, 4.69) is 0 Å². The largest absolute Gasteiger partial charge is 0.493 e. The van der Waals surface area contributed by atoms with Gasteiger partial charge in [0, 0.05) is 24.6 Å². The summed E-state index contributed by atoms with van der Waals surface area (Å²) < 4.78 is 26.5. The van der Waals surface area contributed by atoms with Gasteiger partial charge in [-0.15, -0.1) is 0 Å². The van der Waals surface area contributed by atoms with Gasteiger partial charge in [0.25, 0.3) is 0 Å². The van der Waals surface area contributed by atoms with Gasteiger partial charge in [-0.2, -0.15) is 0 Å². The molecule has 1 aromatic heterocycles. The molecule has 0 spiro atoms. The minimum absolute atomic E-state index is 0.0414. The summed E-state index contributed by atoms with van der Waals surface area (Å²) in [7, 11) is 1.57. The van der Waals surface area contributed by atoms with Crippen molar-refractivity contribution in [3.63, 3.8) is 0 Å². The highest BCUT2D eigenvalue weighted by molar-refractivity contribution is 5.96. The molecular formula is C27H26FN3O4. The third kappa shape index (κ3) is 4.70. The Morgan fingerprint density at radius 3 is 2.54 bits per heavy atom. The number of nitrogens with zero attached hydrogens (tertiary/aromatic N) is 3. The number of fused-ring (bicyclic) bond motifs is 1. The fraction of sp³-hybridized carbons (Fsp3) is 0.259. The zero-order valence-electron chi connectivity index (χ0n) is 19.3. The van der Waals surface area contributed by atoms with Crippen LogP contribution in [-0.2, 0) is 11.3 Å². The molecule has 1 aliphatic rings. The Labute approximate surface area is 202 Å². The summed E-state index contributed by atoms with van der Waals surface area (Å²) in [5.74, 6) is 1.34. The quantitative estimate of drug-likeness (QED) is 0.415. The lowest BCUT2D eigenvalue weighted by molar-refractivity contribution is -0.117. The molecule has 0 radical (unpaired) electrons. The number of carbonyl (C=O) groups excluding carboxylic acids is 1. The van der Waals surface area contributed by atoms with Gasteiger partial charge < -0.3 is 24.0 Å². The van der Waals surface area contributed by atoms with Crippen LogP contribution in [0.25, 0.3) is 11.0 Å². The first kappa shape index (κ1) is 22.9. The molecular weight excluding hydrogens is 449 g/mol. The second-order valence-electron chi connectivity index (χ2n) is 8.57. The SMILES string of the molecule is COc1ccccc1OC[C@H](O)Cn1c([C@@H]2CC(=O)N(c3ccc(F)cc3)C2)nc2ccccc21. The number of aromatic nitrogens is 2. The van der Waals surface area contributed by atoms with E-state index in [1.807, 2.05) is 41.0 Å². The molecule has 3 aromatic carbocycles. The molecule has 8 heteroatoms. The van der Waals surface area contributed by atoms with Gasteiger partial charge in [-0.05, 0) is 48.5 Å². The van der Waals surface area contributed by atoms with Crippen molar-refractivity contribution in [3.8, 4) is 11.5 Å². The summed E-state index contributed by atoms with van der Waals surface area (Å²) >= 11 is 0. The Bertz CT molecular complexity index is 1340. The molecule has 5 rings (SSSR count). The molecule has 1 saturated heterocycles. The zero-order chi connectivity index (χ0) is 24.4. The molecule has 0 bridgehead atoms. The molecule has 1 fully saturated rings. The number of anilines is 1. The molecule has 1 aliphatic heterocycles. The van der Waals surface area contributed by atoms with Gasteiger partial charge in [-0.1, -0.05) is 24.3 Å². The minimum Gasteiger partial charge on any atom is -0.493 e. The summed E-state index contributed by atoms with van der Waals surface area (Å²) in [6.45, 7) is 0.755. The van der Waals surface area contributed by atoms with E-state index in [1.54, 1.807) is 36.3 Å². The average molecular weight is 476 g/mol. The molecule has 180 valence electrons. The number of amides is 1. The summed E-state index contributed by atoms with van der Waals surface area (Å²) in [5.41, 5.74) is 2.34. The number of halogens is 1. The normalized spacial score (nSPS) is 16.6. The molecule has 7 nitrogen and oxygen atoms in total. The summed E-state index contributed by atoms with van der Waals surface area (Å²) in [4.78, 5) is 19.3. The molecule has 1 amide bonds. The Balaban J connectivity index is 1.37. The lowest BCUT2D eigenvalue weighted by Crippen LogP contribution is -2.26. The van der Waals surface area contributed by atoms with Crippen molar-refractivity contribution >= 4 is 22.6 Å². The van der Waals surface area contributed by atoms with Crippen LogP contribution in [0.15, 0.2) is 72.8 Å². The Kier molecular flexibility index (Phi) is 6.37. The van der Waals surface area contributed by atoms with Crippen molar-refractivity contribution in [2.24, 2.45) is 0 Å².